The number of piperidine rings is 1. The highest BCUT2D eigenvalue weighted by Gasteiger charge is 2.47. The van der Waals surface area contributed by atoms with Gasteiger partial charge in [-0.1, -0.05) is 0 Å². The SMILES string of the molecule is CS(=O)(=O)N1CCC2(CC1)C[C@H](COCC1CC1)N(CC1CC1)C2. The molecule has 0 unspecified atom stereocenters. The van der Waals surface area contributed by atoms with E-state index in [1.807, 2.05) is 0 Å². The van der Waals surface area contributed by atoms with Gasteiger partial charge in [-0.25, -0.2) is 12.7 Å². The van der Waals surface area contributed by atoms with E-state index in [1.54, 1.807) is 4.31 Å². The molecule has 2 aliphatic carbocycles. The Morgan fingerprint density at radius 3 is 2.29 bits per heavy atom. The van der Waals surface area contributed by atoms with Gasteiger partial charge in [-0.05, 0) is 62.2 Å². The van der Waals surface area contributed by atoms with E-state index in [9.17, 15) is 8.42 Å². The number of ether oxygens (including phenoxy) is 1. The van der Waals surface area contributed by atoms with E-state index in [1.165, 1.54) is 44.9 Å². The Morgan fingerprint density at radius 2 is 1.71 bits per heavy atom. The smallest absolute Gasteiger partial charge is 0.211 e. The van der Waals surface area contributed by atoms with Crippen LogP contribution in [0.3, 0.4) is 0 Å². The minimum atomic E-state index is -3.03. The first-order valence-electron chi connectivity index (χ1n) is 9.70. The predicted octanol–water partition coefficient (Wildman–Crippen LogP) is 1.94. The van der Waals surface area contributed by atoms with Gasteiger partial charge in [-0.2, -0.15) is 0 Å². The van der Waals surface area contributed by atoms with Crippen molar-refractivity contribution in [3.05, 3.63) is 0 Å². The number of sulfonamides is 1. The van der Waals surface area contributed by atoms with Crippen LogP contribution in [0, 0.1) is 17.3 Å². The zero-order valence-electron chi connectivity index (χ0n) is 15.0. The topological polar surface area (TPSA) is 49.9 Å². The Kier molecular flexibility index (Phi) is 4.69. The molecule has 2 saturated carbocycles. The van der Waals surface area contributed by atoms with Crippen molar-refractivity contribution in [2.24, 2.45) is 17.3 Å². The first-order valence-corrected chi connectivity index (χ1v) is 11.6. The van der Waals surface area contributed by atoms with Gasteiger partial charge < -0.3 is 4.74 Å². The van der Waals surface area contributed by atoms with Crippen molar-refractivity contribution in [3.63, 3.8) is 0 Å². The third-order valence-corrected chi connectivity index (χ3v) is 7.83. The van der Waals surface area contributed by atoms with E-state index >= 15 is 0 Å². The molecule has 0 aromatic carbocycles. The molecule has 4 aliphatic rings. The van der Waals surface area contributed by atoms with Crippen LogP contribution in [0.15, 0.2) is 0 Å². The number of nitrogens with zero attached hydrogens (tertiary/aromatic N) is 2. The lowest BCUT2D eigenvalue weighted by atomic mass is 9.77. The Balaban J connectivity index is 1.35. The van der Waals surface area contributed by atoms with Crippen molar-refractivity contribution in [3.8, 4) is 0 Å². The average molecular weight is 357 g/mol. The minimum Gasteiger partial charge on any atom is -0.380 e. The van der Waals surface area contributed by atoms with Crippen LogP contribution in [0.2, 0.25) is 0 Å². The van der Waals surface area contributed by atoms with Gasteiger partial charge in [0.2, 0.25) is 10.0 Å². The molecule has 0 aromatic heterocycles. The van der Waals surface area contributed by atoms with E-state index in [-0.39, 0.29) is 0 Å². The highest BCUT2D eigenvalue weighted by Crippen LogP contribution is 2.45. The molecule has 0 aromatic rings. The first-order chi connectivity index (χ1) is 11.4. The lowest BCUT2D eigenvalue weighted by Crippen LogP contribution is -2.43. The van der Waals surface area contributed by atoms with Gasteiger partial charge >= 0.3 is 0 Å². The second kappa shape index (κ2) is 6.53. The van der Waals surface area contributed by atoms with Gasteiger partial charge in [0.25, 0.3) is 0 Å². The Labute approximate surface area is 146 Å². The fourth-order valence-electron chi connectivity index (χ4n) is 4.57. The highest BCUT2D eigenvalue weighted by molar-refractivity contribution is 7.88. The molecule has 4 rings (SSSR count). The second-order valence-corrected chi connectivity index (χ2v) is 10.9. The summed E-state index contributed by atoms with van der Waals surface area (Å²) in [5.74, 6) is 1.73. The van der Waals surface area contributed by atoms with Gasteiger partial charge in [0.05, 0.1) is 12.9 Å². The van der Waals surface area contributed by atoms with Gasteiger partial charge in [-0.15, -0.1) is 0 Å². The molecule has 0 radical (unpaired) electrons. The van der Waals surface area contributed by atoms with Gasteiger partial charge in [-0.3, -0.25) is 4.90 Å². The molecule has 4 fully saturated rings. The number of hydrogen-bond donors (Lipinski definition) is 0. The Bertz CT molecular complexity index is 549. The quantitative estimate of drug-likeness (QED) is 0.699. The summed E-state index contributed by atoms with van der Waals surface area (Å²) < 4.78 is 31.3. The van der Waals surface area contributed by atoms with Crippen molar-refractivity contribution in [1.29, 1.82) is 0 Å². The van der Waals surface area contributed by atoms with E-state index in [2.05, 4.69) is 4.90 Å². The largest absolute Gasteiger partial charge is 0.380 e. The summed E-state index contributed by atoms with van der Waals surface area (Å²) >= 11 is 0. The molecule has 2 aliphatic heterocycles. The monoisotopic (exact) mass is 356 g/mol. The Morgan fingerprint density at radius 1 is 1.04 bits per heavy atom. The molecule has 2 saturated heterocycles. The van der Waals surface area contributed by atoms with Crippen LogP contribution >= 0.6 is 0 Å². The summed E-state index contributed by atoms with van der Waals surface area (Å²) in [6, 6.07) is 0.550. The van der Waals surface area contributed by atoms with E-state index < -0.39 is 10.0 Å². The van der Waals surface area contributed by atoms with Crippen LogP contribution in [0.1, 0.15) is 44.9 Å². The maximum atomic E-state index is 11.8. The summed E-state index contributed by atoms with van der Waals surface area (Å²) in [7, 11) is -3.03. The maximum absolute atomic E-state index is 11.8. The first kappa shape index (κ1) is 17.3. The summed E-state index contributed by atoms with van der Waals surface area (Å²) in [5, 5.41) is 0. The average Bonchev–Trinajstić information content (AvgIpc) is 3.41. The fourth-order valence-corrected chi connectivity index (χ4v) is 5.42. The maximum Gasteiger partial charge on any atom is 0.211 e. The van der Waals surface area contributed by atoms with Crippen molar-refractivity contribution >= 4 is 10.0 Å². The molecule has 2 heterocycles. The van der Waals surface area contributed by atoms with E-state index in [4.69, 9.17) is 4.74 Å². The van der Waals surface area contributed by atoms with Crippen LogP contribution in [0.25, 0.3) is 0 Å². The molecule has 6 heteroatoms. The second-order valence-electron chi connectivity index (χ2n) is 8.87. The molecule has 5 nitrogen and oxygen atoms in total. The highest BCUT2D eigenvalue weighted by atomic mass is 32.2. The molecule has 0 amide bonds. The number of hydrogen-bond acceptors (Lipinski definition) is 4. The van der Waals surface area contributed by atoms with Crippen molar-refractivity contribution in [1.82, 2.24) is 9.21 Å². The summed E-state index contributed by atoms with van der Waals surface area (Å²) in [4.78, 5) is 2.68. The normalized spacial score (nSPS) is 31.8. The zero-order valence-corrected chi connectivity index (χ0v) is 15.8. The van der Waals surface area contributed by atoms with E-state index in [0.717, 1.165) is 44.4 Å². The molecular weight excluding hydrogens is 324 g/mol. The van der Waals surface area contributed by atoms with Crippen LogP contribution in [0.4, 0.5) is 0 Å². The standard InChI is InChI=1S/C18H32N2O3S/c1-24(21,22)20-8-6-18(7-9-20)10-17(13-23-12-16-4-5-16)19(14-18)11-15-2-3-15/h15-17H,2-14H2,1H3/t17-/m1/s1. The molecular formula is C18H32N2O3S. The minimum absolute atomic E-state index is 0.323. The van der Waals surface area contributed by atoms with Crippen molar-refractivity contribution in [2.45, 2.75) is 51.0 Å². The van der Waals surface area contributed by atoms with Gasteiger partial charge in [0, 0.05) is 38.8 Å². The third-order valence-electron chi connectivity index (χ3n) is 6.53. The lowest BCUT2D eigenvalue weighted by Gasteiger charge is -2.38. The number of rotatable bonds is 7. The molecule has 1 spiro atoms. The summed E-state index contributed by atoms with van der Waals surface area (Å²) in [6.07, 6.45) is 10.0. The van der Waals surface area contributed by atoms with Gasteiger partial charge in [0.1, 0.15) is 0 Å². The Hall–Kier alpha value is -0.170. The van der Waals surface area contributed by atoms with Crippen LogP contribution in [0.5, 0.6) is 0 Å². The third kappa shape index (κ3) is 4.14. The van der Waals surface area contributed by atoms with Crippen LogP contribution in [-0.2, 0) is 14.8 Å². The fraction of sp³-hybridized carbons (Fsp3) is 1.00. The number of likely N-dealkylation sites (tertiary alicyclic amines) is 1. The van der Waals surface area contributed by atoms with Crippen molar-refractivity contribution in [2.75, 3.05) is 45.6 Å². The molecule has 1 atom stereocenters. The molecule has 24 heavy (non-hydrogen) atoms. The van der Waals surface area contributed by atoms with Gasteiger partial charge in [0.15, 0.2) is 0 Å². The van der Waals surface area contributed by atoms with Crippen LogP contribution in [-0.4, -0.2) is 69.3 Å². The zero-order chi connectivity index (χ0) is 16.8. The predicted molar refractivity (Wildman–Crippen MR) is 94.3 cm³/mol. The molecule has 0 bridgehead atoms. The molecule has 138 valence electrons. The van der Waals surface area contributed by atoms with E-state index in [0.29, 0.717) is 24.5 Å². The lowest BCUT2D eigenvalue weighted by molar-refractivity contribution is 0.0692. The molecule has 0 N–H and O–H groups in total. The summed E-state index contributed by atoms with van der Waals surface area (Å²) in [6.45, 7) is 5.61. The summed E-state index contributed by atoms with van der Waals surface area (Å²) in [5.41, 5.74) is 0.323. The van der Waals surface area contributed by atoms with Crippen molar-refractivity contribution < 1.29 is 13.2 Å². The van der Waals surface area contributed by atoms with Crippen LogP contribution < -0.4 is 0 Å².